The van der Waals surface area contributed by atoms with E-state index in [-0.39, 0.29) is 5.91 Å². The van der Waals surface area contributed by atoms with Gasteiger partial charge >= 0.3 is 0 Å². The van der Waals surface area contributed by atoms with E-state index in [0.717, 1.165) is 55.5 Å². The molecule has 1 fully saturated rings. The van der Waals surface area contributed by atoms with Gasteiger partial charge in [-0.15, -0.1) is 0 Å². The van der Waals surface area contributed by atoms with Crippen LogP contribution in [0.25, 0.3) is 0 Å². The van der Waals surface area contributed by atoms with Gasteiger partial charge in [-0.1, -0.05) is 12.1 Å². The number of rotatable bonds is 2. The van der Waals surface area contributed by atoms with Crippen LogP contribution in [0.3, 0.4) is 0 Å². The van der Waals surface area contributed by atoms with Crippen molar-refractivity contribution in [2.24, 2.45) is 0 Å². The first-order chi connectivity index (χ1) is 11.1. The SMILES string of the molecule is Cc1nc(CN2CCC3(CC2)Nc2ccccc2NC3=O)n[nH]1. The van der Waals surface area contributed by atoms with Crippen molar-refractivity contribution in [1.82, 2.24) is 20.1 Å². The molecule has 1 aromatic carbocycles. The Morgan fingerprint density at radius 1 is 1.22 bits per heavy atom. The second-order valence-electron chi connectivity index (χ2n) is 6.32. The number of benzene rings is 1. The van der Waals surface area contributed by atoms with Crippen LogP contribution in [0.4, 0.5) is 11.4 Å². The van der Waals surface area contributed by atoms with Gasteiger partial charge in [0, 0.05) is 13.1 Å². The fraction of sp³-hybridized carbons (Fsp3) is 0.438. The van der Waals surface area contributed by atoms with Gasteiger partial charge in [-0.3, -0.25) is 14.8 Å². The number of nitrogens with zero attached hydrogens (tertiary/aromatic N) is 3. The summed E-state index contributed by atoms with van der Waals surface area (Å²) in [6.45, 7) is 4.31. The molecule has 1 spiro atoms. The molecule has 2 aromatic rings. The lowest BCUT2D eigenvalue weighted by atomic mass is 9.84. The minimum atomic E-state index is -0.500. The first-order valence-electron chi connectivity index (χ1n) is 7.94. The molecular formula is C16H20N6O. The summed E-state index contributed by atoms with van der Waals surface area (Å²) in [4.78, 5) is 19.2. The first-order valence-corrected chi connectivity index (χ1v) is 7.94. The standard InChI is InChI=1S/C16H20N6O/c1-11-17-14(21-20-11)10-22-8-6-16(7-9-22)15(23)18-12-4-2-3-5-13(12)19-16/h2-5,19H,6-10H2,1H3,(H,18,23)(H,17,20,21). The Bertz CT molecular complexity index is 732. The lowest BCUT2D eigenvalue weighted by Gasteiger charge is -2.44. The second kappa shape index (κ2) is 5.34. The Morgan fingerprint density at radius 2 is 1.96 bits per heavy atom. The molecular weight excluding hydrogens is 292 g/mol. The van der Waals surface area contributed by atoms with Gasteiger partial charge in [0.2, 0.25) is 5.91 Å². The fourth-order valence-corrected chi connectivity index (χ4v) is 3.36. The number of carbonyl (C=O) groups is 1. The van der Waals surface area contributed by atoms with Crippen LogP contribution in [0.2, 0.25) is 0 Å². The van der Waals surface area contributed by atoms with Crippen LogP contribution in [-0.4, -0.2) is 44.6 Å². The third-order valence-electron chi connectivity index (χ3n) is 4.70. The lowest BCUT2D eigenvalue weighted by Crippen LogP contribution is -2.58. The Morgan fingerprint density at radius 3 is 2.65 bits per heavy atom. The Balaban J connectivity index is 1.45. The van der Waals surface area contributed by atoms with Gasteiger partial charge in [0.25, 0.3) is 0 Å². The average molecular weight is 312 g/mol. The zero-order valence-electron chi connectivity index (χ0n) is 13.1. The fourth-order valence-electron chi connectivity index (χ4n) is 3.36. The number of anilines is 2. The van der Waals surface area contributed by atoms with Crippen molar-refractivity contribution < 1.29 is 4.79 Å². The molecule has 2 aliphatic heterocycles. The molecule has 120 valence electrons. The number of carbonyl (C=O) groups excluding carboxylic acids is 1. The largest absolute Gasteiger partial charge is 0.369 e. The number of likely N-dealkylation sites (tertiary alicyclic amines) is 1. The van der Waals surface area contributed by atoms with Gasteiger partial charge in [0.05, 0.1) is 17.9 Å². The van der Waals surface area contributed by atoms with Crippen molar-refractivity contribution in [3.05, 3.63) is 35.9 Å². The second-order valence-corrected chi connectivity index (χ2v) is 6.32. The summed E-state index contributed by atoms with van der Waals surface area (Å²) in [5, 5.41) is 13.6. The highest BCUT2D eigenvalue weighted by Crippen LogP contribution is 2.36. The Kier molecular flexibility index (Phi) is 3.30. The zero-order valence-corrected chi connectivity index (χ0v) is 13.1. The number of aromatic nitrogens is 3. The van der Waals surface area contributed by atoms with Crippen molar-refractivity contribution in [3.8, 4) is 0 Å². The van der Waals surface area contributed by atoms with Gasteiger partial charge in [0.15, 0.2) is 5.82 Å². The molecule has 23 heavy (non-hydrogen) atoms. The van der Waals surface area contributed by atoms with E-state index in [9.17, 15) is 4.79 Å². The summed E-state index contributed by atoms with van der Waals surface area (Å²) in [7, 11) is 0. The van der Waals surface area contributed by atoms with Crippen LogP contribution in [0.5, 0.6) is 0 Å². The molecule has 0 radical (unpaired) electrons. The molecule has 7 heteroatoms. The zero-order chi connectivity index (χ0) is 15.9. The molecule has 1 saturated heterocycles. The molecule has 4 rings (SSSR count). The van der Waals surface area contributed by atoms with E-state index in [1.807, 2.05) is 31.2 Å². The molecule has 1 aromatic heterocycles. The highest BCUT2D eigenvalue weighted by molar-refractivity contribution is 6.06. The molecule has 0 aliphatic carbocycles. The molecule has 0 atom stereocenters. The van der Waals surface area contributed by atoms with Crippen molar-refractivity contribution >= 4 is 17.3 Å². The number of hydrogen-bond donors (Lipinski definition) is 3. The van der Waals surface area contributed by atoms with Gasteiger partial charge in [-0.25, -0.2) is 4.98 Å². The third kappa shape index (κ3) is 2.57. The molecule has 0 unspecified atom stereocenters. The highest BCUT2D eigenvalue weighted by atomic mass is 16.2. The van der Waals surface area contributed by atoms with Crippen LogP contribution >= 0.6 is 0 Å². The molecule has 2 aliphatic rings. The van der Waals surface area contributed by atoms with Crippen LogP contribution < -0.4 is 10.6 Å². The van der Waals surface area contributed by atoms with E-state index in [2.05, 4.69) is 30.7 Å². The predicted octanol–water partition coefficient (Wildman–Crippen LogP) is 1.51. The van der Waals surface area contributed by atoms with E-state index in [1.54, 1.807) is 0 Å². The number of hydrogen-bond acceptors (Lipinski definition) is 5. The molecule has 3 heterocycles. The quantitative estimate of drug-likeness (QED) is 0.782. The topological polar surface area (TPSA) is 85.9 Å². The molecule has 0 saturated carbocycles. The van der Waals surface area contributed by atoms with Gasteiger partial charge in [-0.2, -0.15) is 5.10 Å². The van der Waals surface area contributed by atoms with Crippen molar-refractivity contribution in [3.63, 3.8) is 0 Å². The predicted molar refractivity (Wildman–Crippen MR) is 87.1 cm³/mol. The minimum absolute atomic E-state index is 0.0737. The van der Waals surface area contributed by atoms with E-state index < -0.39 is 5.54 Å². The number of aromatic amines is 1. The van der Waals surface area contributed by atoms with Crippen LogP contribution in [0.1, 0.15) is 24.5 Å². The Hall–Kier alpha value is -2.41. The van der Waals surface area contributed by atoms with Crippen molar-refractivity contribution in [2.45, 2.75) is 31.8 Å². The summed E-state index contributed by atoms with van der Waals surface area (Å²) in [5.41, 5.74) is 1.37. The number of piperidine rings is 1. The number of fused-ring (bicyclic) bond motifs is 1. The van der Waals surface area contributed by atoms with Crippen LogP contribution in [0, 0.1) is 6.92 Å². The first kappa shape index (κ1) is 14.2. The normalized spacial score (nSPS) is 20.0. The van der Waals surface area contributed by atoms with Gasteiger partial charge in [0.1, 0.15) is 11.4 Å². The summed E-state index contributed by atoms with van der Waals surface area (Å²) >= 11 is 0. The van der Waals surface area contributed by atoms with E-state index in [1.165, 1.54) is 0 Å². The summed E-state index contributed by atoms with van der Waals surface area (Å²) in [6, 6.07) is 7.85. The number of amides is 1. The minimum Gasteiger partial charge on any atom is -0.369 e. The summed E-state index contributed by atoms with van der Waals surface area (Å²) in [6.07, 6.45) is 1.55. The maximum atomic E-state index is 12.6. The molecule has 3 N–H and O–H groups in total. The summed E-state index contributed by atoms with van der Waals surface area (Å²) in [5.74, 6) is 1.72. The maximum absolute atomic E-state index is 12.6. The number of nitrogens with one attached hydrogen (secondary N) is 3. The highest BCUT2D eigenvalue weighted by Gasteiger charge is 2.44. The number of aryl methyl sites for hydroxylation is 1. The number of para-hydroxylation sites is 2. The van der Waals surface area contributed by atoms with Crippen molar-refractivity contribution in [1.29, 1.82) is 0 Å². The van der Waals surface area contributed by atoms with E-state index >= 15 is 0 Å². The van der Waals surface area contributed by atoms with Gasteiger partial charge in [-0.05, 0) is 31.9 Å². The third-order valence-corrected chi connectivity index (χ3v) is 4.70. The molecule has 1 amide bonds. The average Bonchev–Trinajstić information content (AvgIpc) is 2.96. The van der Waals surface area contributed by atoms with E-state index in [0.29, 0.717) is 0 Å². The van der Waals surface area contributed by atoms with Crippen molar-refractivity contribution in [2.75, 3.05) is 23.7 Å². The number of H-pyrrole nitrogens is 1. The van der Waals surface area contributed by atoms with Crippen LogP contribution in [-0.2, 0) is 11.3 Å². The monoisotopic (exact) mass is 312 g/mol. The Labute approximate surface area is 134 Å². The van der Waals surface area contributed by atoms with Gasteiger partial charge < -0.3 is 10.6 Å². The maximum Gasteiger partial charge on any atom is 0.250 e. The molecule has 0 bridgehead atoms. The summed E-state index contributed by atoms with van der Waals surface area (Å²) < 4.78 is 0. The van der Waals surface area contributed by atoms with E-state index in [4.69, 9.17) is 0 Å². The molecule has 7 nitrogen and oxygen atoms in total. The smallest absolute Gasteiger partial charge is 0.250 e. The lowest BCUT2D eigenvalue weighted by molar-refractivity contribution is -0.122. The van der Waals surface area contributed by atoms with Crippen LogP contribution in [0.15, 0.2) is 24.3 Å².